The standard InChI is InChI=1S/C11H23F3N2/c1-4-10(5-2,8-15)9-16(3)7-6-11(12,13)14/h4-9,15H2,1-3H3. The van der Waals surface area contributed by atoms with Crippen LogP contribution in [0.2, 0.25) is 0 Å². The number of nitrogens with zero attached hydrogens (tertiary/aromatic N) is 1. The molecule has 0 atom stereocenters. The summed E-state index contributed by atoms with van der Waals surface area (Å²) >= 11 is 0. The van der Waals surface area contributed by atoms with Crippen LogP contribution in [0.5, 0.6) is 0 Å². The van der Waals surface area contributed by atoms with Gasteiger partial charge in [0.15, 0.2) is 0 Å². The fraction of sp³-hybridized carbons (Fsp3) is 1.00. The lowest BCUT2D eigenvalue weighted by atomic mass is 9.82. The highest BCUT2D eigenvalue weighted by Gasteiger charge is 2.30. The lowest BCUT2D eigenvalue weighted by Crippen LogP contribution is -2.41. The molecule has 0 heterocycles. The van der Waals surface area contributed by atoms with Crippen LogP contribution in [0.1, 0.15) is 33.1 Å². The van der Waals surface area contributed by atoms with E-state index in [-0.39, 0.29) is 12.0 Å². The number of hydrogen-bond acceptors (Lipinski definition) is 2. The average molecular weight is 240 g/mol. The molecule has 0 aliphatic rings. The topological polar surface area (TPSA) is 29.3 Å². The van der Waals surface area contributed by atoms with Gasteiger partial charge in [-0.3, -0.25) is 0 Å². The first kappa shape index (κ1) is 15.7. The van der Waals surface area contributed by atoms with E-state index < -0.39 is 12.6 Å². The van der Waals surface area contributed by atoms with Crippen molar-refractivity contribution in [2.45, 2.75) is 39.3 Å². The van der Waals surface area contributed by atoms with Crippen molar-refractivity contribution in [2.24, 2.45) is 11.1 Å². The van der Waals surface area contributed by atoms with Gasteiger partial charge in [-0.25, -0.2) is 0 Å². The van der Waals surface area contributed by atoms with Gasteiger partial charge in [-0.2, -0.15) is 13.2 Å². The summed E-state index contributed by atoms with van der Waals surface area (Å²) in [6.45, 7) is 5.27. The Morgan fingerprint density at radius 3 is 1.94 bits per heavy atom. The van der Waals surface area contributed by atoms with Crippen molar-refractivity contribution in [2.75, 3.05) is 26.7 Å². The normalized spacial score (nSPS) is 13.5. The molecule has 16 heavy (non-hydrogen) atoms. The van der Waals surface area contributed by atoms with Crippen LogP contribution in [0.15, 0.2) is 0 Å². The Hall–Kier alpha value is -0.290. The molecule has 0 saturated heterocycles. The summed E-state index contributed by atoms with van der Waals surface area (Å²) in [6.07, 6.45) is -3.03. The maximum atomic E-state index is 12.0. The van der Waals surface area contributed by atoms with Crippen molar-refractivity contribution in [3.63, 3.8) is 0 Å². The highest BCUT2D eigenvalue weighted by Crippen LogP contribution is 2.26. The minimum absolute atomic E-state index is 0.0413. The minimum atomic E-state index is -4.07. The second-order valence-electron chi connectivity index (χ2n) is 4.51. The predicted octanol–water partition coefficient (Wildman–Crippen LogP) is 2.64. The largest absolute Gasteiger partial charge is 0.390 e. The molecule has 2 nitrogen and oxygen atoms in total. The number of nitrogens with two attached hydrogens (primary N) is 1. The molecule has 0 rings (SSSR count). The van der Waals surface area contributed by atoms with Crippen LogP contribution in [-0.2, 0) is 0 Å². The van der Waals surface area contributed by atoms with Gasteiger partial charge < -0.3 is 10.6 Å². The van der Waals surface area contributed by atoms with Crippen LogP contribution < -0.4 is 5.73 Å². The third kappa shape index (κ3) is 5.70. The molecule has 0 aromatic rings. The number of alkyl halides is 3. The predicted molar refractivity (Wildman–Crippen MR) is 60.2 cm³/mol. The molecular weight excluding hydrogens is 217 g/mol. The first-order valence-electron chi connectivity index (χ1n) is 5.74. The van der Waals surface area contributed by atoms with Crippen LogP contribution in [0.4, 0.5) is 13.2 Å². The van der Waals surface area contributed by atoms with Crippen molar-refractivity contribution in [1.82, 2.24) is 4.90 Å². The second-order valence-corrected chi connectivity index (χ2v) is 4.51. The van der Waals surface area contributed by atoms with E-state index in [9.17, 15) is 13.2 Å². The molecule has 0 aromatic heterocycles. The Labute approximate surface area is 96.0 Å². The summed E-state index contributed by atoms with van der Waals surface area (Å²) in [5.74, 6) is 0. The lowest BCUT2D eigenvalue weighted by Gasteiger charge is -2.34. The third-order valence-electron chi connectivity index (χ3n) is 3.32. The van der Waals surface area contributed by atoms with E-state index in [0.29, 0.717) is 13.1 Å². The molecule has 98 valence electrons. The molecule has 0 radical (unpaired) electrons. The minimum Gasteiger partial charge on any atom is -0.330 e. The maximum Gasteiger partial charge on any atom is 0.390 e. The average Bonchev–Trinajstić information content (AvgIpc) is 2.22. The summed E-state index contributed by atoms with van der Waals surface area (Å²) in [7, 11) is 1.72. The molecule has 0 amide bonds. The molecule has 0 saturated carbocycles. The zero-order valence-electron chi connectivity index (χ0n) is 10.4. The van der Waals surface area contributed by atoms with Gasteiger partial charge >= 0.3 is 6.18 Å². The van der Waals surface area contributed by atoms with Gasteiger partial charge in [0.1, 0.15) is 0 Å². The summed E-state index contributed by atoms with van der Waals surface area (Å²) < 4.78 is 36.1. The Kier molecular flexibility index (Phi) is 6.33. The van der Waals surface area contributed by atoms with Crippen molar-refractivity contribution >= 4 is 0 Å². The Balaban J connectivity index is 4.15. The van der Waals surface area contributed by atoms with Crippen LogP contribution in [0.25, 0.3) is 0 Å². The van der Waals surface area contributed by atoms with E-state index in [0.717, 1.165) is 12.8 Å². The quantitative estimate of drug-likeness (QED) is 0.741. The van der Waals surface area contributed by atoms with E-state index in [2.05, 4.69) is 0 Å². The smallest absolute Gasteiger partial charge is 0.330 e. The van der Waals surface area contributed by atoms with E-state index >= 15 is 0 Å². The van der Waals surface area contributed by atoms with Gasteiger partial charge in [0, 0.05) is 13.1 Å². The zero-order valence-corrected chi connectivity index (χ0v) is 10.4. The Morgan fingerprint density at radius 2 is 1.62 bits per heavy atom. The molecule has 0 bridgehead atoms. The molecule has 0 aromatic carbocycles. The van der Waals surface area contributed by atoms with Crippen molar-refractivity contribution in [3.05, 3.63) is 0 Å². The van der Waals surface area contributed by atoms with E-state index in [4.69, 9.17) is 5.73 Å². The third-order valence-corrected chi connectivity index (χ3v) is 3.32. The monoisotopic (exact) mass is 240 g/mol. The fourth-order valence-electron chi connectivity index (χ4n) is 1.80. The number of halogens is 3. The van der Waals surface area contributed by atoms with Gasteiger partial charge in [-0.1, -0.05) is 13.8 Å². The highest BCUT2D eigenvalue weighted by atomic mass is 19.4. The van der Waals surface area contributed by atoms with Crippen LogP contribution >= 0.6 is 0 Å². The summed E-state index contributed by atoms with van der Waals surface area (Å²) in [5.41, 5.74) is 5.67. The molecule has 0 aliphatic carbocycles. The molecule has 0 unspecified atom stereocenters. The van der Waals surface area contributed by atoms with Gasteiger partial charge in [-0.15, -0.1) is 0 Å². The van der Waals surface area contributed by atoms with Gasteiger partial charge in [0.25, 0.3) is 0 Å². The molecule has 5 heteroatoms. The summed E-state index contributed by atoms with van der Waals surface area (Å²) in [5, 5.41) is 0. The van der Waals surface area contributed by atoms with E-state index in [1.54, 1.807) is 11.9 Å². The van der Waals surface area contributed by atoms with Crippen molar-refractivity contribution in [1.29, 1.82) is 0 Å². The van der Waals surface area contributed by atoms with E-state index in [1.807, 2.05) is 13.8 Å². The lowest BCUT2D eigenvalue weighted by molar-refractivity contribution is -0.138. The molecular formula is C11H23F3N2. The molecule has 0 fully saturated rings. The SMILES string of the molecule is CCC(CC)(CN)CN(C)CCC(F)(F)F. The zero-order chi connectivity index (χ0) is 12.8. The van der Waals surface area contributed by atoms with E-state index in [1.165, 1.54) is 0 Å². The summed E-state index contributed by atoms with van der Waals surface area (Å²) in [4.78, 5) is 1.73. The van der Waals surface area contributed by atoms with Gasteiger partial charge in [-0.05, 0) is 31.8 Å². The number of hydrogen-bond donors (Lipinski definition) is 1. The second kappa shape index (κ2) is 6.45. The van der Waals surface area contributed by atoms with Crippen molar-refractivity contribution < 1.29 is 13.2 Å². The number of rotatable bonds is 7. The maximum absolute atomic E-state index is 12.0. The molecule has 0 spiro atoms. The van der Waals surface area contributed by atoms with Crippen LogP contribution in [0, 0.1) is 5.41 Å². The fourth-order valence-corrected chi connectivity index (χ4v) is 1.80. The Morgan fingerprint density at radius 1 is 1.12 bits per heavy atom. The first-order valence-corrected chi connectivity index (χ1v) is 5.74. The van der Waals surface area contributed by atoms with Gasteiger partial charge in [0.05, 0.1) is 6.42 Å². The van der Waals surface area contributed by atoms with Crippen LogP contribution in [0.3, 0.4) is 0 Å². The molecule has 2 N–H and O–H groups in total. The van der Waals surface area contributed by atoms with Crippen molar-refractivity contribution in [3.8, 4) is 0 Å². The summed E-state index contributed by atoms with van der Waals surface area (Å²) in [6, 6.07) is 0. The van der Waals surface area contributed by atoms with Gasteiger partial charge in [0.2, 0.25) is 0 Å². The highest BCUT2D eigenvalue weighted by molar-refractivity contribution is 4.80. The Bertz CT molecular complexity index is 180. The molecule has 0 aliphatic heterocycles. The van der Waals surface area contributed by atoms with Crippen LogP contribution in [-0.4, -0.2) is 37.8 Å². The first-order chi connectivity index (χ1) is 7.28.